The molecule has 0 aromatic carbocycles. The fraction of sp³-hybridized carbons (Fsp3) is 0.667. The Balaban J connectivity index is 1.67. The van der Waals surface area contributed by atoms with Crippen LogP contribution in [0.25, 0.3) is 0 Å². The first-order valence-electron chi connectivity index (χ1n) is 6.21. The standard InChI is InChI=1S/C12H18N4O/c1-2-17-10-5-6-14-11(15-10)16-7-12(13,8-16)9-3-4-9/h5-6,9H,2-4,7-8,13H2,1H3. The molecule has 2 fully saturated rings. The summed E-state index contributed by atoms with van der Waals surface area (Å²) in [7, 11) is 0. The van der Waals surface area contributed by atoms with Crippen LogP contribution in [0.4, 0.5) is 5.95 Å². The van der Waals surface area contributed by atoms with Crippen LogP contribution in [0.3, 0.4) is 0 Å². The van der Waals surface area contributed by atoms with Gasteiger partial charge in [0.05, 0.1) is 12.1 Å². The Morgan fingerprint density at radius 1 is 1.53 bits per heavy atom. The van der Waals surface area contributed by atoms with Gasteiger partial charge in [-0.25, -0.2) is 4.98 Å². The lowest BCUT2D eigenvalue weighted by molar-refractivity contribution is 0.284. The largest absolute Gasteiger partial charge is 0.478 e. The average molecular weight is 234 g/mol. The van der Waals surface area contributed by atoms with Crippen molar-refractivity contribution in [3.05, 3.63) is 12.3 Å². The van der Waals surface area contributed by atoms with E-state index in [2.05, 4.69) is 14.9 Å². The highest BCUT2D eigenvalue weighted by molar-refractivity contribution is 5.40. The van der Waals surface area contributed by atoms with Crippen molar-refractivity contribution in [2.45, 2.75) is 25.3 Å². The third-order valence-corrected chi connectivity index (χ3v) is 3.55. The molecule has 92 valence electrons. The molecule has 0 amide bonds. The van der Waals surface area contributed by atoms with E-state index in [9.17, 15) is 0 Å². The Hall–Kier alpha value is -1.36. The van der Waals surface area contributed by atoms with E-state index in [1.165, 1.54) is 12.8 Å². The van der Waals surface area contributed by atoms with Crippen LogP contribution < -0.4 is 15.4 Å². The molecule has 2 N–H and O–H groups in total. The van der Waals surface area contributed by atoms with Gasteiger partial charge in [0.15, 0.2) is 0 Å². The Kier molecular flexibility index (Phi) is 2.43. The molecule has 3 rings (SSSR count). The molecule has 2 aliphatic rings. The number of anilines is 1. The molecular formula is C12H18N4O. The van der Waals surface area contributed by atoms with Gasteiger partial charge in [-0.3, -0.25) is 0 Å². The molecule has 2 heterocycles. The number of hydrogen-bond donors (Lipinski definition) is 1. The van der Waals surface area contributed by atoms with E-state index >= 15 is 0 Å². The van der Waals surface area contributed by atoms with Crippen LogP contribution in [0, 0.1) is 5.92 Å². The molecule has 5 heteroatoms. The van der Waals surface area contributed by atoms with E-state index in [0.29, 0.717) is 18.4 Å². The van der Waals surface area contributed by atoms with E-state index in [1.807, 2.05) is 6.92 Å². The number of hydrogen-bond acceptors (Lipinski definition) is 5. The molecule has 17 heavy (non-hydrogen) atoms. The number of rotatable bonds is 4. The maximum absolute atomic E-state index is 6.30. The lowest BCUT2D eigenvalue weighted by Gasteiger charge is -2.48. The first kappa shape index (κ1) is 10.8. The summed E-state index contributed by atoms with van der Waals surface area (Å²) in [6.45, 7) is 4.31. The van der Waals surface area contributed by atoms with Crippen LogP contribution in [-0.2, 0) is 0 Å². The van der Waals surface area contributed by atoms with Crippen LogP contribution in [0.2, 0.25) is 0 Å². The lowest BCUT2D eigenvalue weighted by atomic mass is 9.86. The Morgan fingerprint density at radius 2 is 2.29 bits per heavy atom. The van der Waals surface area contributed by atoms with Crippen molar-refractivity contribution in [2.75, 3.05) is 24.6 Å². The molecule has 0 unspecified atom stereocenters. The van der Waals surface area contributed by atoms with Gasteiger partial charge < -0.3 is 15.4 Å². The van der Waals surface area contributed by atoms with Gasteiger partial charge in [-0.05, 0) is 25.7 Å². The minimum absolute atomic E-state index is 0.00494. The molecule has 1 saturated heterocycles. The highest BCUT2D eigenvalue weighted by Crippen LogP contribution is 2.43. The third kappa shape index (κ3) is 1.95. The predicted octanol–water partition coefficient (Wildman–Crippen LogP) is 0.803. The summed E-state index contributed by atoms with van der Waals surface area (Å²) in [5, 5.41) is 0. The molecular weight excluding hydrogens is 216 g/mol. The van der Waals surface area contributed by atoms with Crippen LogP contribution in [0.1, 0.15) is 19.8 Å². The minimum atomic E-state index is 0.00494. The smallest absolute Gasteiger partial charge is 0.228 e. The van der Waals surface area contributed by atoms with Crippen LogP contribution >= 0.6 is 0 Å². The fourth-order valence-corrected chi connectivity index (χ4v) is 2.44. The Bertz CT molecular complexity index is 413. The minimum Gasteiger partial charge on any atom is -0.478 e. The van der Waals surface area contributed by atoms with Gasteiger partial charge in [0.1, 0.15) is 0 Å². The number of nitrogens with zero attached hydrogens (tertiary/aromatic N) is 3. The highest BCUT2D eigenvalue weighted by Gasteiger charge is 2.51. The van der Waals surface area contributed by atoms with Gasteiger partial charge in [-0.15, -0.1) is 0 Å². The maximum atomic E-state index is 6.30. The van der Waals surface area contributed by atoms with E-state index < -0.39 is 0 Å². The SMILES string of the molecule is CCOc1ccnc(N2CC(N)(C3CC3)C2)n1. The van der Waals surface area contributed by atoms with Gasteiger partial charge in [0.25, 0.3) is 0 Å². The van der Waals surface area contributed by atoms with Gasteiger partial charge in [-0.1, -0.05) is 0 Å². The molecule has 5 nitrogen and oxygen atoms in total. The molecule has 1 aromatic heterocycles. The van der Waals surface area contributed by atoms with Gasteiger partial charge in [0, 0.05) is 25.4 Å². The topological polar surface area (TPSA) is 64.3 Å². The third-order valence-electron chi connectivity index (χ3n) is 3.55. The van der Waals surface area contributed by atoms with Gasteiger partial charge in [-0.2, -0.15) is 4.98 Å². The summed E-state index contributed by atoms with van der Waals surface area (Å²) in [4.78, 5) is 10.8. The quantitative estimate of drug-likeness (QED) is 0.835. The van der Waals surface area contributed by atoms with Crippen LogP contribution in [0.15, 0.2) is 12.3 Å². The molecule has 0 bridgehead atoms. The summed E-state index contributed by atoms with van der Waals surface area (Å²) in [5.41, 5.74) is 6.31. The second-order valence-electron chi connectivity index (χ2n) is 4.99. The zero-order valence-corrected chi connectivity index (χ0v) is 10.1. The maximum Gasteiger partial charge on any atom is 0.228 e. The van der Waals surface area contributed by atoms with E-state index in [-0.39, 0.29) is 5.54 Å². The molecule has 1 aliphatic carbocycles. The van der Waals surface area contributed by atoms with Gasteiger partial charge in [0.2, 0.25) is 11.8 Å². The van der Waals surface area contributed by atoms with Crippen molar-refractivity contribution in [1.82, 2.24) is 9.97 Å². The molecule has 0 atom stereocenters. The van der Waals surface area contributed by atoms with E-state index in [0.717, 1.165) is 19.0 Å². The molecule has 1 aromatic rings. The summed E-state index contributed by atoms with van der Waals surface area (Å²) in [5.74, 6) is 2.09. The second kappa shape index (κ2) is 3.84. The van der Waals surface area contributed by atoms with Crippen LogP contribution in [0.5, 0.6) is 5.88 Å². The zero-order valence-electron chi connectivity index (χ0n) is 10.1. The summed E-state index contributed by atoms with van der Waals surface area (Å²) in [6, 6.07) is 1.78. The van der Waals surface area contributed by atoms with E-state index in [4.69, 9.17) is 10.5 Å². The molecule has 0 spiro atoms. The fourth-order valence-electron chi connectivity index (χ4n) is 2.44. The van der Waals surface area contributed by atoms with Crippen molar-refractivity contribution >= 4 is 5.95 Å². The van der Waals surface area contributed by atoms with E-state index in [1.54, 1.807) is 12.3 Å². The molecule has 0 radical (unpaired) electrons. The first-order valence-corrected chi connectivity index (χ1v) is 6.21. The predicted molar refractivity (Wildman–Crippen MR) is 65.1 cm³/mol. The van der Waals surface area contributed by atoms with Crippen molar-refractivity contribution in [3.63, 3.8) is 0 Å². The Labute approximate surface area is 101 Å². The lowest BCUT2D eigenvalue weighted by Crippen LogP contribution is -2.69. The number of aromatic nitrogens is 2. The van der Waals surface area contributed by atoms with Crippen molar-refractivity contribution in [1.29, 1.82) is 0 Å². The molecule has 1 saturated carbocycles. The number of nitrogens with two attached hydrogens (primary N) is 1. The summed E-state index contributed by atoms with van der Waals surface area (Å²) < 4.78 is 5.37. The highest BCUT2D eigenvalue weighted by atomic mass is 16.5. The number of ether oxygens (including phenoxy) is 1. The second-order valence-corrected chi connectivity index (χ2v) is 4.99. The monoisotopic (exact) mass is 234 g/mol. The summed E-state index contributed by atoms with van der Waals surface area (Å²) >= 11 is 0. The van der Waals surface area contributed by atoms with Crippen LogP contribution in [-0.4, -0.2) is 35.2 Å². The Morgan fingerprint density at radius 3 is 2.94 bits per heavy atom. The van der Waals surface area contributed by atoms with Crippen molar-refractivity contribution in [2.24, 2.45) is 11.7 Å². The normalized spacial score (nSPS) is 22.1. The zero-order chi connectivity index (χ0) is 11.9. The van der Waals surface area contributed by atoms with Crippen molar-refractivity contribution in [3.8, 4) is 5.88 Å². The summed E-state index contributed by atoms with van der Waals surface area (Å²) in [6.07, 6.45) is 4.30. The van der Waals surface area contributed by atoms with Gasteiger partial charge >= 0.3 is 0 Å². The first-order chi connectivity index (χ1) is 8.21. The molecule has 1 aliphatic heterocycles. The average Bonchev–Trinajstić information content (AvgIpc) is 3.10. The van der Waals surface area contributed by atoms with Crippen molar-refractivity contribution < 1.29 is 4.74 Å².